The Labute approximate surface area is 128 Å². The van der Waals surface area contributed by atoms with Crippen LogP contribution in [0, 0.1) is 5.82 Å². The van der Waals surface area contributed by atoms with Gasteiger partial charge in [-0.25, -0.2) is 4.39 Å². The molecule has 1 aromatic carbocycles. The first-order valence-corrected chi connectivity index (χ1v) is 7.74. The summed E-state index contributed by atoms with van der Waals surface area (Å²) >= 11 is 0. The monoisotopic (exact) mass is 299 g/mol. The van der Waals surface area contributed by atoms with Crippen molar-refractivity contribution in [3.05, 3.63) is 53.6 Å². The Bertz CT molecular complexity index is 694. The number of amides is 1. The van der Waals surface area contributed by atoms with E-state index in [9.17, 15) is 9.18 Å². The van der Waals surface area contributed by atoms with E-state index in [4.69, 9.17) is 0 Å². The second kappa shape index (κ2) is 4.93. The Morgan fingerprint density at radius 2 is 2.14 bits per heavy atom. The number of nitrogens with zero attached hydrogens (tertiary/aromatic N) is 2. The molecule has 2 aliphatic rings. The molecule has 114 valence electrons. The maximum absolute atomic E-state index is 14.1. The van der Waals surface area contributed by atoms with Gasteiger partial charge in [0, 0.05) is 36.5 Å². The molecule has 0 spiro atoms. The Morgan fingerprint density at radius 1 is 1.32 bits per heavy atom. The Balaban J connectivity index is 1.54. The zero-order valence-electron chi connectivity index (χ0n) is 12.3. The summed E-state index contributed by atoms with van der Waals surface area (Å²) in [6, 6.07) is 8.64. The average molecular weight is 299 g/mol. The number of hydrogen-bond donors (Lipinski definition) is 1. The number of aromatic amines is 1. The van der Waals surface area contributed by atoms with E-state index in [1.807, 2.05) is 17.0 Å². The highest BCUT2D eigenvalue weighted by Gasteiger charge is 2.55. The van der Waals surface area contributed by atoms with Crippen molar-refractivity contribution in [2.24, 2.45) is 0 Å². The van der Waals surface area contributed by atoms with Crippen molar-refractivity contribution in [1.82, 2.24) is 15.1 Å². The molecule has 2 fully saturated rings. The molecule has 1 saturated heterocycles. The predicted octanol–water partition coefficient (Wildman–Crippen LogP) is 2.60. The third kappa shape index (κ3) is 2.03. The van der Waals surface area contributed by atoms with Gasteiger partial charge in [0.1, 0.15) is 5.82 Å². The van der Waals surface area contributed by atoms with Gasteiger partial charge in [-0.3, -0.25) is 9.89 Å². The highest BCUT2D eigenvalue weighted by atomic mass is 19.1. The minimum Gasteiger partial charge on any atom is -0.341 e. The zero-order valence-corrected chi connectivity index (χ0v) is 12.3. The second-order valence-electron chi connectivity index (χ2n) is 6.31. The maximum Gasteiger partial charge on any atom is 0.233 e. The fourth-order valence-electron chi connectivity index (χ4n) is 3.57. The van der Waals surface area contributed by atoms with Crippen molar-refractivity contribution in [2.75, 3.05) is 13.1 Å². The Morgan fingerprint density at radius 3 is 2.82 bits per heavy atom. The minimum absolute atomic E-state index is 0.0830. The molecule has 0 radical (unpaired) electrons. The van der Waals surface area contributed by atoms with E-state index in [0.29, 0.717) is 18.0 Å². The van der Waals surface area contributed by atoms with Crippen LogP contribution in [0.15, 0.2) is 36.5 Å². The number of carbonyl (C=O) groups excluding carboxylic acids is 1. The van der Waals surface area contributed by atoms with E-state index in [0.717, 1.165) is 31.5 Å². The first-order chi connectivity index (χ1) is 10.7. The molecule has 1 aliphatic heterocycles. The van der Waals surface area contributed by atoms with Crippen molar-refractivity contribution >= 4 is 5.91 Å². The molecule has 0 bridgehead atoms. The third-order valence-electron chi connectivity index (χ3n) is 4.99. The fourth-order valence-corrected chi connectivity index (χ4v) is 3.57. The summed E-state index contributed by atoms with van der Waals surface area (Å²) in [7, 11) is 0. The first kappa shape index (κ1) is 13.5. The summed E-state index contributed by atoms with van der Waals surface area (Å²) in [5.74, 6) is 0.125. The molecule has 4 nitrogen and oxygen atoms in total. The number of nitrogens with one attached hydrogen (secondary N) is 1. The zero-order chi connectivity index (χ0) is 15.2. The number of carbonyl (C=O) groups is 1. The van der Waals surface area contributed by atoms with Gasteiger partial charge < -0.3 is 4.90 Å². The lowest BCUT2D eigenvalue weighted by Crippen LogP contribution is -2.38. The third-order valence-corrected chi connectivity index (χ3v) is 4.99. The first-order valence-electron chi connectivity index (χ1n) is 7.74. The average Bonchev–Trinajstić information content (AvgIpc) is 2.96. The van der Waals surface area contributed by atoms with E-state index >= 15 is 0 Å². The van der Waals surface area contributed by atoms with E-state index < -0.39 is 5.41 Å². The van der Waals surface area contributed by atoms with Crippen molar-refractivity contribution in [3.63, 3.8) is 0 Å². The molecule has 22 heavy (non-hydrogen) atoms. The number of hydrogen-bond acceptors (Lipinski definition) is 2. The molecule has 1 amide bonds. The van der Waals surface area contributed by atoms with Gasteiger partial charge in [-0.2, -0.15) is 5.10 Å². The van der Waals surface area contributed by atoms with Gasteiger partial charge in [-0.1, -0.05) is 18.2 Å². The molecule has 1 atom stereocenters. The van der Waals surface area contributed by atoms with Gasteiger partial charge in [0.05, 0.1) is 5.41 Å². The van der Waals surface area contributed by atoms with Gasteiger partial charge in [0.15, 0.2) is 0 Å². The number of H-pyrrole nitrogens is 1. The molecule has 1 aromatic heterocycles. The van der Waals surface area contributed by atoms with Crippen molar-refractivity contribution in [3.8, 4) is 0 Å². The van der Waals surface area contributed by atoms with Crippen molar-refractivity contribution < 1.29 is 9.18 Å². The van der Waals surface area contributed by atoms with Crippen LogP contribution in [-0.2, 0) is 10.2 Å². The van der Waals surface area contributed by atoms with Crippen LogP contribution in [0.5, 0.6) is 0 Å². The lowest BCUT2D eigenvalue weighted by atomic mass is 9.94. The van der Waals surface area contributed by atoms with Crippen LogP contribution < -0.4 is 0 Å². The number of halogens is 1. The highest BCUT2D eigenvalue weighted by molar-refractivity contribution is 5.91. The number of rotatable bonds is 3. The van der Waals surface area contributed by atoms with Gasteiger partial charge in [0.2, 0.25) is 5.91 Å². The van der Waals surface area contributed by atoms with Crippen LogP contribution in [0.25, 0.3) is 0 Å². The molecule has 0 unspecified atom stereocenters. The van der Waals surface area contributed by atoms with Gasteiger partial charge in [-0.15, -0.1) is 0 Å². The van der Waals surface area contributed by atoms with Crippen LogP contribution in [0.3, 0.4) is 0 Å². The van der Waals surface area contributed by atoms with E-state index in [2.05, 4.69) is 10.2 Å². The summed E-state index contributed by atoms with van der Waals surface area (Å²) in [6.45, 7) is 1.43. The summed E-state index contributed by atoms with van der Waals surface area (Å²) in [5, 5.41) is 6.96. The Kier molecular flexibility index (Phi) is 3.03. The van der Waals surface area contributed by atoms with Crippen molar-refractivity contribution in [2.45, 2.75) is 30.6 Å². The molecule has 1 saturated carbocycles. The Hall–Kier alpha value is -2.17. The smallest absolute Gasteiger partial charge is 0.233 e. The minimum atomic E-state index is -0.617. The van der Waals surface area contributed by atoms with E-state index in [1.165, 1.54) is 6.07 Å². The molecule has 1 N–H and O–H groups in total. The molecule has 5 heteroatoms. The maximum atomic E-state index is 14.1. The molecule has 4 rings (SSSR count). The topological polar surface area (TPSA) is 49.0 Å². The molecule has 2 heterocycles. The number of benzene rings is 1. The van der Waals surface area contributed by atoms with Crippen molar-refractivity contribution in [1.29, 1.82) is 0 Å². The molecular weight excluding hydrogens is 281 g/mol. The molecular formula is C17H18FN3O. The summed E-state index contributed by atoms with van der Waals surface area (Å²) in [6.07, 6.45) is 4.17. The van der Waals surface area contributed by atoms with E-state index in [1.54, 1.807) is 18.3 Å². The summed E-state index contributed by atoms with van der Waals surface area (Å²) in [5.41, 5.74) is 1.02. The standard InChI is InChI=1S/C17H18FN3O/c18-14-4-2-1-3-13(14)17(7-8-17)16(22)21-10-6-12(11-21)15-5-9-19-20-15/h1-5,9,12H,6-8,10-11H2,(H,19,20)/t12-/m0/s1. The normalized spacial score (nSPS) is 22.8. The van der Waals surface area contributed by atoms with Gasteiger partial charge in [-0.05, 0) is 31.4 Å². The molecule has 2 aromatic rings. The van der Waals surface area contributed by atoms with Crippen LogP contribution in [0.1, 0.15) is 36.4 Å². The summed E-state index contributed by atoms with van der Waals surface area (Å²) < 4.78 is 14.1. The lowest BCUT2D eigenvalue weighted by Gasteiger charge is -2.24. The summed E-state index contributed by atoms with van der Waals surface area (Å²) in [4.78, 5) is 14.8. The molecule has 1 aliphatic carbocycles. The van der Waals surface area contributed by atoms with Crippen LogP contribution >= 0.6 is 0 Å². The van der Waals surface area contributed by atoms with Gasteiger partial charge in [0.25, 0.3) is 0 Å². The van der Waals surface area contributed by atoms with Gasteiger partial charge >= 0.3 is 0 Å². The lowest BCUT2D eigenvalue weighted by molar-refractivity contribution is -0.133. The predicted molar refractivity (Wildman–Crippen MR) is 79.8 cm³/mol. The SMILES string of the molecule is O=C(N1CC[C@H](c2ccn[nH]2)C1)C1(c2ccccc2F)CC1. The van der Waals surface area contributed by atoms with Crippen LogP contribution in [0.2, 0.25) is 0 Å². The number of aromatic nitrogens is 2. The highest BCUT2D eigenvalue weighted by Crippen LogP contribution is 2.51. The van der Waals surface area contributed by atoms with Crippen LogP contribution in [0.4, 0.5) is 4.39 Å². The largest absolute Gasteiger partial charge is 0.341 e. The quantitative estimate of drug-likeness (QED) is 0.947. The van der Waals surface area contributed by atoms with Crippen LogP contribution in [-0.4, -0.2) is 34.1 Å². The number of likely N-dealkylation sites (tertiary alicyclic amines) is 1. The van der Waals surface area contributed by atoms with E-state index in [-0.39, 0.29) is 11.7 Å². The second-order valence-corrected chi connectivity index (χ2v) is 6.31. The fraction of sp³-hybridized carbons (Fsp3) is 0.412.